The lowest BCUT2D eigenvalue weighted by Crippen LogP contribution is -2.36. The molecule has 0 saturated carbocycles. The Morgan fingerprint density at radius 3 is 2.45 bits per heavy atom. The van der Waals surface area contributed by atoms with E-state index in [0.717, 1.165) is 45.4 Å². The Labute approximate surface area is 121 Å². The molecule has 110 valence electrons. The molecule has 1 fully saturated rings. The maximum absolute atomic E-state index is 11.0. The van der Waals surface area contributed by atoms with Gasteiger partial charge in [0, 0.05) is 18.8 Å². The smallest absolute Gasteiger partial charge is 0.137 e. The summed E-state index contributed by atoms with van der Waals surface area (Å²) in [6.07, 6.45) is 2.83. The van der Waals surface area contributed by atoms with Gasteiger partial charge < -0.3 is 14.4 Å². The molecule has 1 aliphatic rings. The van der Waals surface area contributed by atoms with Gasteiger partial charge in [0.2, 0.25) is 0 Å². The molecule has 1 saturated heterocycles. The first-order chi connectivity index (χ1) is 9.70. The summed E-state index contributed by atoms with van der Waals surface area (Å²) >= 11 is 0. The summed E-state index contributed by atoms with van der Waals surface area (Å²) < 4.78 is 5.37. The molecule has 2 rings (SSSR count). The summed E-state index contributed by atoms with van der Waals surface area (Å²) in [4.78, 5) is 15.3. The Kier molecular flexibility index (Phi) is 5.56. The highest BCUT2D eigenvalue weighted by Crippen LogP contribution is 2.17. The maximum Gasteiger partial charge on any atom is 0.137 e. The minimum absolute atomic E-state index is 0.00826. The second-order valence-corrected chi connectivity index (χ2v) is 5.47. The van der Waals surface area contributed by atoms with E-state index in [2.05, 4.69) is 29.2 Å². The predicted molar refractivity (Wildman–Crippen MR) is 81.3 cm³/mol. The number of rotatable bonds is 6. The van der Waals surface area contributed by atoms with Gasteiger partial charge in [-0.2, -0.15) is 0 Å². The van der Waals surface area contributed by atoms with Crippen molar-refractivity contribution in [2.75, 3.05) is 45.3 Å². The van der Waals surface area contributed by atoms with E-state index in [1.54, 1.807) is 0 Å². The second-order valence-electron chi connectivity index (χ2n) is 5.47. The molecule has 0 spiro atoms. The number of aryl methyl sites for hydroxylation is 1. The van der Waals surface area contributed by atoms with Crippen LogP contribution in [-0.2, 0) is 16.0 Å². The van der Waals surface area contributed by atoms with Crippen molar-refractivity contribution in [2.45, 2.75) is 18.9 Å². The van der Waals surface area contributed by atoms with Gasteiger partial charge >= 0.3 is 0 Å². The molecule has 0 N–H and O–H groups in total. The van der Waals surface area contributed by atoms with Crippen LogP contribution in [0.3, 0.4) is 0 Å². The maximum atomic E-state index is 11.0. The van der Waals surface area contributed by atoms with Crippen molar-refractivity contribution in [3.8, 4) is 0 Å². The van der Waals surface area contributed by atoms with Crippen LogP contribution >= 0.6 is 0 Å². The van der Waals surface area contributed by atoms with Crippen LogP contribution in [0, 0.1) is 0 Å². The number of likely N-dealkylation sites (N-methyl/N-ethyl adjacent to an activating group) is 1. The zero-order valence-corrected chi connectivity index (χ0v) is 12.4. The number of carbonyl (C=O) groups is 1. The van der Waals surface area contributed by atoms with Crippen molar-refractivity contribution in [1.29, 1.82) is 0 Å². The molecule has 1 aliphatic heterocycles. The van der Waals surface area contributed by atoms with Gasteiger partial charge in [-0.3, -0.25) is 4.90 Å². The van der Waals surface area contributed by atoms with E-state index in [-0.39, 0.29) is 6.04 Å². The zero-order chi connectivity index (χ0) is 14.4. The molecule has 0 bridgehead atoms. The molecule has 4 nitrogen and oxygen atoms in total. The fourth-order valence-corrected chi connectivity index (χ4v) is 2.46. The summed E-state index contributed by atoms with van der Waals surface area (Å²) in [5.41, 5.74) is 2.55. The van der Waals surface area contributed by atoms with Crippen molar-refractivity contribution in [3.05, 3.63) is 29.8 Å². The predicted octanol–water partition coefficient (Wildman–Crippen LogP) is 1.58. The molecule has 0 aliphatic carbocycles. The number of aldehydes is 1. The van der Waals surface area contributed by atoms with Crippen LogP contribution in [0.15, 0.2) is 24.3 Å². The Hall–Kier alpha value is -1.39. The lowest BCUT2D eigenvalue weighted by molar-refractivity contribution is -0.111. The van der Waals surface area contributed by atoms with E-state index in [4.69, 9.17) is 4.74 Å². The highest BCUT2D eigenvalue weighted by molar-refractivity contribution is 5.57. The number of benzene rings is 1. The summed E-state index contributed by atoms with van der Waals surface area (Å²) in [7, 11) is 3.89. The molecular weight excluding hydrogens is 252 g/mol. The summed E-state index contributed by atoms with van der Waals surface area (Å²) in [6, 6.07) is 8.69. The van der Waals surface area contributed by atoms with E-state index >= 15 is 0 Å². The summed E-state index contributed by atoms with van der Waals surface area (Å²) in [5.74, 6) is 0. The first-order valence-corrected chi connectivity index (χ1v) is 7.24. The summed E-state index contributed by atoms with van der Waals surface area (Å²) in [5, 5.41) is 0. The van der Waals surface area contributed by atoms with Crippen molar-refractivity contribution in [3.63, 3.8) is 0 Å². The number of ether oxygens (including phenoxy) is 1. The third-order valence-corrected chi connectivity index (χ3v) is 3.86. The van der Waals surface area contributed by atoms with Crippen molar-refractivity contribution >= 4 is 12.0 Å². The molecule has 1 unspecified atom stereocenters. The van der Waals surface area contributed by atoms with Crippen LogP contribution in [0.25, 0.3) is 0 Å². The first kappa shape index (κ1) is 15.0. The van der Waals surface area contributed by atoms with Gasteiger partial charge in [0.25, 0.3) is 0 Å². The average Bonchev–Trinajstić information content (AvgIpc) is 2.49. The molecule has 20 heavy (non-hydrogen) atoms. The van der Waals surface area contributed by atoms with E-state index in [1.165, 1.54) is 11.3 Å². The average molecular weight is 276 g/mol. The van der Waals surface area contributed by atoms with Crippen LogP contribution in [-0.4, -0.2) is 57.6 Å². The fraction of sp³-hybridized carbons (Fsp3) is 0.562. The lowest BCUT2D eigenvalue weighted by Gasteiger charge is -2.29. The van der Waals surface area contributed by atoms with Crippen LogP contribution in [0.4, 0.5) is 5.69 Å². The van der Waals surface area contributed by atoms with Gasteiger partial charge in [-0.15, -0.1) is 0 Å². The highest BCUT2D eigenvalue weighted by atomic mass is 16.5. The molecule has 1 aromatic carbocycles. The molecular formula is C16H24N2O2. The largest absolute Gasteiger partial charge is 0.378 e. The standard InChI is InChI=1S/C16H24N2O2/c1-17(2)16(13-19)8-5-14-3-6-15(7-4-14)18-9-11-20-12-10-18/h3-4,6-7,13,16H,5,8-12H2,1-2H3. The van der Waals surface area contributed by atoms with Gasteiger partial charge in [-0.05, 0) is 44.6 Å². The monoisotopic (exact) mass is 276 g/mol. The van der Waals surface area contributed by atoms with E-state index < -0.39 is 0 Å². The Bertz CT molecular complexity index is 411. The van der Waals surface area contributed by atoms with Gasteiger partial charge in [0.15, 0.2) is 0 Å². The van der Waals surface area contributed by atoms with Gasteiger partial charge in [0.05, 0.1) is 19.3 Å². The topological polar surface area (TPSA) is 32.8 Å². The highest BCUT2D eigenvalue weighted by Gasteiger charge is 2.12. The van der Waals surface area contributed by atoms with E-state index in [1.807, 2.05) is 19.0 Å². The molecule has 1 atom stereocenters. The Morgan fingerprint density at radius 1 is 1.25 bits per heavy atom. The Balaban J connectivity index is 1.89. The number of carbonyl (C=O) groups excluding carboxylic acids is 1. The van der Waals surface area contributed by atoms with E-state index in [9.17, 15) is 4.79 Å². The number of nitrogens with zero attached hydrogens (tertiary/aromatic N) is 2. The van der Waals surface area contributed by atoms with E-state index in [0.29, 0.717) is 0 Å². The molecule has 1 aromatic rings. The first-order valence-electron chi connectivity index (χ1n) is 7.24. The van der Waals surface area contributed by atoms with Crippen molar-refractivity contribution in [2.24, 2.45) is 0 Å². The van der Waals surface area contributed by atoms with Gasteiger partial charge in [-0.1, -0.05) is 12.1 Å². The minimum atomic E-state index is 0.00826. The molecule has 4 heteroatoms. The van der Waals surface area contributed by atoms with Crippen LogP contribution in [0.5, 0.6) is 0 Å². The minimum Gasteiger partial charge on any atom is -0.378 e. The molecule has 0 amide bonds. The number of hydrogen-bond donors (Lipinski definition) is 0. The van der Waals surface area contributed by atoms with Crippen LogP contribution < -0.4 is 4.90 Å². The SMILES string of the molecule is CN(C)C(C=O)CCc1ccc(N2CCOCC2)cc1. The third-order valence-electron chi connectivity index (χ3n) is 3.86. The third kappa shape index (κ3) is 4.05. The van der Waals surface area contributed by atoms with Crippen LogP contribution in [0.1, 0.15) is 12.0 Å². The van der Waals surface area contributed by atoms with Crippen molar-refractivity contribution < 1.29 is 9.53 Å². The van der Waals surface area contributed by atoms with Gasteiger partial charge in [0.1, 0.15) is 6.29 Å². The quantitative estimate of drug-likeness (QED) is 0.739. The number of morpholine rings is 1. The van der Waals surface area contributed by atoms with Crippen LogP contribution in [0.2, 0.25) is 0 Å². The molecule has 0 radical (unpaired) electrons. The molecule has 1 heterocycles. The van der Waals surface area contributed by atoms with Gasteiger partial charge in [-0.25, -0.2) is 0 Å². The summed E-state index contributed by atoms with van der Waals surface area (Å²) in [6.45, 7) is 3.55. The second kappa shape index (κ2) is 7.41. The molecule has 0 aromatic heterocycles. The lowest BCUT2D eigenvalue weighted by atomic mass is 10.0. The zero-order valence-electron chi connectivity index (χ0n) is 12.4. The number of hydrogen-bond acceptors (Lipinski definition) is 4. The fourth-order valence-electron chi connectivity index (χ4n) is 2.46. The number of anilines is 1. The van der Waals surface area contributed by atoms with Crippen molar-refractivity contribution in [1.82, 2.24) is 4.90 Å². The normalized spacial score (nSPS) is 17.2. The Morgan fingerprint density at radius 2 is 1.90 bits per heavy atom.